The van der Waals surface area contributed by atoms with Gasteiger partial charge in [-0.15, -0.1) is 6.58 Å². The SMILES string of the molecule is C=CCCc1ccc(-c2nc(N3CCC3)nc3c2CCC3(F)F)cc1CC. The number of fused-ring (bicyclic) bond motifs is 1. The molecule has 0 bridgehead atoms. The fourth-order valence-electron chi connectivity index (χ4n) is 3.91. The van der Waals surface area contributed by atoms with Gasteiger partial charge >= 0.3 is 0 Å². The van der Waals surface area contributed by atoms with Crippen molar-refractivity contribution in [1.29, 1.82) is 0 Å². The minimum absolute atomic E-state index is 0.0665. The molecule has 1 saturated heterocycles. The third-order valence-corrected chi connectivity index (χ3v) is 5.65. The van der Waals surface area contributed by atoms with Crippen LogP contribution >= 0.6 is 0 Å². The van der Waals surface area contributed by atoms with Crippen molar-refractivity contribution in [2.45, 2.75) is 51.4 Å². The van der Waals surface area contributed by atoms with Crippen LogP contribution in [0.15, 0.2) is 30.9 Å². The largest absolute Gasteiger partial charge is 0.341 e. The van der Waals surface area contributed by atoms with Crippen molar-refractivity contribution in [3.63, 3.8) is 0 Å². The molecule has 0 saturated carbocycles. The van der Waals surface area contributed by atoms with Crippen molar-refractivity contribution in [3.8, 4) is 11.3 Å². The Bertz CT molecular complexity index is 872. The van der Waals surface area contributed by atoms with Gasteiger partial charge < -0.3 is 4.90 Å². The van der Waals surface area contributed by atoms with Crippen LogP contribution in [-0.2, 0) is 25.2 Å². The summed E-state index contributed by atoms with van der Waals surface area (Å²) >= 11 is 0. The van der Waals surface area contributed by atoms with Gasteiger partial charge in [-0.1, -0.05) is 25.1 Å². The third-order valence-electron chi connectivity index (χ3n) is 5.65. The quantitative estimate of drug-likeness (QED) is 0.666. The van der Waals surface area contributed by atoms with E-state index in [1.165, 1.54) is 11.1 Å². The number of anilines is 1. The van der Waals surface area contributed by atoms with Gasteiger partial charge in [-0.3, -0.25) is 0 Å². The molecule has 0 radical (unpaired) electrons. The second-order valence-corrected chi connectivity index (χ2v) is 7.41. The minimum Gasteiger partial charge on any atom is -0.341 e. The van der Waals surface area contributed by atoms with E-state index in [4.69, 9.17) is 4.98 Å². The molecule has 3 nitrogen and oxygen atoms in total. The first-order valence-corrected chi connectivity index (χ1v) is 9.80. The molecule has 1 aromatic heterocycles. The molecule has 2 aromatic rings. The summed E-state index contributed by atoms with van der Waals surface area (Å²) < 4.78 is 28.9. The predicted octanol–water partition coefficient (Wildman–Crippen LogP) is 5.07. The number of halogens is 2. The van der Waals surface area contributed by atoms with Gasteiger partial charge in [0.1, 0.15) is 5.69 Å². The summed E-state index contributed by atoms with van der Waals surface area (Å²) in [5.74, 6) is -2.41. The summed E-state index contributed by atoms with van der Waals surface area (Å²) in [7, 11) is 0. The van der Waals surface area contributed by atoms with E-state index in [2.05, 4.69) is 30.6 Å². The average molecular weight is 369 g/mol. The number of allylic oxidation sites excluding steroid dienone is 1. The van der Waals surface area contributed by atoms with Gasteiger partial charge in [-0.25, -0.2) is 9.97 Å². The fourth-order valence-corrected chi connectivity index (χ4v) is 3.91. The van der Waals surface area contributed by atoms with Crippen LogP contribution in [0.3, 0.4) is 0 Å². The van der Waals surface area contributed by atoms with Crippen LogP contribution in [0.5, 0.6) is 0 Å². The molecule has 4 rings (SSSR count). The molecule has 2 heterocycles. The smallest absolute Gasteiger partial charge is 0.290 e. The second-order valence-electron chi connectivity index (χ2n) is 7.41. The van der Waals surface area contributed by atoms with Gasteiger partial charge in [0.2, 0.25) is 5.95 Å². The number of nitrogens with zero attached hydrogens (tertiary/aromatic N) is 3. The van der Waals surface area contributed by atoms with Crippen LogP contribution in [0.1, 0.15) is 48.6 Å². The Balaban J connectivity index is 1.81. The first kappa shape index (κ1) is 18.1. The van der Waals surface area contributed by atoms with E-state index >= 15 is 0 Å². The summed E-state index contributed by atoms with van der Waals surface area (Å²) in [6, 6.07) is 6.26. The Hall–Kier alpha value is -2.30. The zero-order valence-corrected chi connectivity index (χ0v) is 15.8. The van der Waals surface area contributed by atoms with Crippen LogP contribution in [-0.4, -0.2) is 23.1 Å². The monoisotopic (exact) mass is 369 g/mol. The van der Waals surface area contributed by atoms with Crippen molar-refractivity contribution in [3.05, 3.63) is 53.2 Å². The highest BCUT2D eigenvalue weighted by Gasteiger charge is 2.43. The lowest BCUT2D eigenvalue weighted by Gasteiger charge is -2.31. The third kappa shape index (κ3) is 3.24. The standard InChI is InChI=1S/C22H25F2N3/c1-3-5-7-16-8-9-17(14-15(16)4-2)19-18-10-11-22(23,24)20(18)26-21(25-19)27-12-6-13-27/h3,8-9,14H,1,4-7,10-13H2,2H3. The Morgan fingerprint density at radius 2 is 2.04 bits per heavy atom. The van der Waals surface area contributed by atoms with Crippen molar-refractivity contribution in [2.24, 2.45) is 0 Å². The molecule has 2 aliphatic rings. The summed E-state index contributed by atoms with van der Waals surface area (Å²) in [4.78, 5) is 11.0. The van der Waals surface area contributed by atoms with E-state index in [9.17, 15) is 8.78 Å². The van der Waals surface area contributed by atoms with Crippen molar-refractivity contribution >= 4 is 5.95 Å². The Kier molecular flexibility index (Phi) is 4.70. The first-order valence-electron chi connectivity index (χ1n) is 9.80. The molecule has 0 spiro atoms. The van der Waals surface area contributed by atoms with E-state index < -0.39 is 5.92 Å². The van der Waals surface area contributed by atoms with Crippen molar-refractivity contribution < 1.29 is 8.78 Å². The molecular weight excluding hydrogens is 344 g/mol. The van der Waals surface area contributed by atoms with Crippen LogP contribution in [0, 0.1) is 0 Å². The molecule has 0 N–H and O–H groups in total. The highest BCUT2D eigenvalue weighted by molar-refractivity contribution is 5.68. The normalized spacial score (nSPS) is 17.5. The van der Waals surface area contributed by atoms with E-state index in [-0.39, 0.29) is 12.1 Å². The van der Waals surface area contributed by atoms with Crippen LogP contribution in [0.25, 0.3) is 11.3 Å². The van der Waals surface area contributed by atoms with Crippen molar-refractivity contribution in [1.82, 2.24) is 9.97 Å². The molecule has 27 heavy (non-hydrogen) atoms. The maximum Gasteiger partial charge on any atom is 0.290 e. The number of aromatic nitrogens is 2. The predicted molar refractivity (Wildman–Crippen MR) is 104 cm³/mol. The van der Waals surface area contributed by atoms with Crippen LogP contribution in [0.2, 0.25) is 0 Å². The second kappa shape index (κ2) is 7.02. The maximum absolute atomic E-state index is 14.4. The zero-order chi connectivity index (χ0) is 19.0. The average Bonchev–Trinajstić information content (AvgIpc) is 2.93. The molecule has 0 atom stereocenters. The highest BCUT2D eigenvalue weighted by Crippen LogP contribution is 2.44. The number of hydrogen-bond acceptors (Lipinski definition) is 3. The van der Waals surface area contributed by atoms with E-state index in [0.29, 0.717) is 23.6 Å². The molecule has 1 aliphatic heterocycles. The number of rotatable bonds is 6. The molecule has 5 heteroatoms. The van der Waals surface area contributed by atoms with Gasteiger partial charge in [0, 0.05) is 30.6 Å². The van der Waals surface area contributed by atoms with Crippen LogP contribution < -0.4 is 4.90 Å². The lowest BCUT2D eigenvalue weighted by molar-refractivity contribution is -0.00593. The van der Waals surface area contributed by atoms with Crippen LogP contribution in [0.4, 0.5) is 14.7 Å². The van der Waals surface area contributed by atoms with E-state index in [1.807, 2.05) is 17.0 Å². The Morgan fingerprint density at radius 1 is 1.22 bits per heavy atom. The highest BCUT2D eigenvalue weighted by atomic mass is 19.3. The number of benzene rings is 1. The molecule has 1 aliphatic carbocycles. The van der Waals surface area contributed by atoms with E-state index in [0.717, 1.165) is 44.3 Å². The number of alkyl halides is 2. The Labute approximate surface area is 159 Å². The van der Waals surface area contributed by atoms with Gasteiger partial charge in [0.15, 0.2) is 0 Å². The molecule has 1 aromatic carbocycles. The molecule has 142 valence electrons. The summed E-state index contributed by atoms with van der Waals surface area (Å²) in [5, 5.41) is 0. The van der Waals surface area contributed by atoms with Crippen molar-refractivity contribution in [2.75, 3.05) is 18.0 Å². The van der Waals surface area contributed by atoms with Gasteiger partial charge in [-0.2, -0.15) is 8.78 Å². The fraction of sp³-hybridized carbons (Fsp3) is 0.455. The van der Waals surface area contributed by atoms with E-state index in [1.54, 1.807) is 0 Å². The molecule has 1 fully saturated rings. The molecule has 0 amide bonds. The maximum atomic E-state index is 14.4. The topological polar surface area (TPSA) is 29.0 Å². The van der Waals surface area contributed by atoms with Gasteiger partial charge in [-0.05, 0) is 49.3 Å². The number of hydrogen-bond donors (Lipinski definition) is 0. The number of aryl methyl sites for hydroxylation is 2. The van der Waals surface area contributed by atoms with Gasteiger partial charge in [0.05, 0.1) is 5.69 Å². The molecular formula is C22H25F2N3. The zero-order valence-electron chi connectivity index (χ0n) is 15.8. The van der Waals surface area contributed by atoms with Gasteiger partial charge in [0.25, 0.3) is 5.92 Å². The first-order chi connectivity index (χ1) is 13.0. The summed E-state index contributed by atoms with van der Waals surface area (Å²) in [6.45, 7) is 7.60. The summed E-state index contributed by atoms with van der Waals surface area (Å²) in [6.07, 6.45) is 5.93. The lowest BCUT2D eigenvalue weighted by Crippen LogP contribution is -2.38. The lowest BCUT2D eigenvalue weighted by atomic mass is 9.95. The molecule has 0 unspecified atom stereocenters. The summed E-state index contributed by atoms with van der Waals surface area (Å²) in [5.41, 5.74) is 4.70. The minimum atomic E-state index is -2.86. The Morgan fingerprint density at radius 3 is 2.70 bits per heavy atom.